The fourth-order valence-corrected chi connectivity index (χ4v) is 2.45. The maximum atomic E-state index is 12.0. The van der Waals surface area contributed by atoms with Crippen molar-refractivity contribution in [2.75, 3.05) is 19.6 Å². The lowest BCUT2D eigenvalue weighted by atomic mass is 10.1. The molecule has 0 spiro atoms. The number of benzene rings is 1. The first kappa shape index (κ1) is 15.5. The highest BCUT2D eigenvalue weighted by molar-refractivity contribution is 5.85. The van der Waals surface area contributed by atoms with Gasteiger partial charge in [-0.1, -0.05) is 30.3 Å². The Labute approximate surface area is 123 Å². The highest BCUT2D eigenvalue weighted by Gasteiger charge is 2.24. The Bertz CT molecular complexity index is 484. The van der Waals surface area contributed by atoms with E-state index >= 15 is 0 Å². The monoisotopic (exact) mass is 291 g/mol. The van der Waals surface area contributed by atoms with Crippen LogP contribution >= 0.6 is 0 Å². The summed E-state index contributed by atoms with van der Waals surface area (Å²) in [6.45, 7) is 1.76. The molecule has 2 rings (SSSR count). The molecule has 1 fully saturated rings. The van der Waals surface area contributed by atoms with Gasteiger partial charge in [0.2, 0.25) is 5.91 Å². The van der Waals surface area contributed by atoms with Gasteiger partial charge in [-0.15, -0.1) is 0 Å². The summed E-state index contributed by atoms with van der Waals surface area (Å²) in [6.07, 6.45) is 1.74. The Morgan fingerprint density at radius 3 is 2.48 bits per heavy atom. The summed E-state index contributed by atoms with van der Waals surface area (Å²) in [5, 5.41) is 11.9. The minimum atomic E-state index is -1.06. The van der Waals surface area contributed by atoms with Gasteiger partial charge in [0.1, 0.15) is 0 Å². The number of nitrogens with two attached hydrogens (primary N) is 1. The van der Waals surface area contributed by atoms with E-state index in [0.717, 1.165) is 25.9 Å². The van der Waals surface area contributed by atoms with Crippen LogP contribution in [0.5, 0.6) is 0 Å². The average Bonchev–Trinajstić information content (AvgIpc) is 2.48. The Balaban J connectivity index is 1.91. The third-order valence-electron chi connectivity index (χ3n) is 3.68. The van der Waals surface area contributed by atoms with Crippen molar-refractivity contribution >= 4 is 11.9 Å². The Morgan fingerprint density at radius 1 is 1.29 bits per heavy atom. The SMILES string of the molecule is NC1CCN(CC(=O)N[C@H](C(=O)O)c2ccccc2)CC1. The van der Waals surface area contributed by atoms with Crippen molar-refractivity contribution in [1.29, 1.82) is 0 Å². The van der Waals surface area contributed by atoms with Crippen LogP contribution < -0.4 is 11.1 Å². The summed E-state index contributed by atoms with van der Waals surface area (Å²) in [6, 6.07) is 7.90. The minimum absolute atomic E-state index is 0.209. The molecule has 1 atom stereocenters. The fourth-order valence-electron chi connectivity index (χ4n) is 2.45. The molecule has 0 aliphatic carbocycles. The van der Waals surface area contributed by atoms with Gasteiger partial charge < -0.3 is 16.2 Å². The van der Waals surface area contributed by atoms with E-state index in [-0.39, 0.29) is 18.5 Å². The highest BCUT2D eigenvalue weighted by atomic mass is 16.4. The van der Waals surface area contributed by atoms with Crippen molar-refractivity contribution in [3.05, 3.63) is 35.9 Å². The number of carbonyl (C=O) groups excluding carboxylic acids is 1. The molecule has 4 N–H and O–H groups in total. The van der Waals surface area contributed by atoms with Crippen LogP contribution in [0, 0.1) is 0 Å². The van der Waals surface area contributed by atoms with Crippen LogP contribution in [0.4, 0.5) is 0 Å². The number of amides is 1. The van der Waals surface area contributed by atoms with Crippen molar-refractivity contribution in [2.24, 2.45) is 5.73 Å². The van der Waals surface area contributed by atoms with Gasteiger partial charge in [0.25, 0.3) is 0 Å². The largest absolute Gasteiger partial charge is 0.479 e. The number of nitrogens with one attached hydrogen (secondary N) is 1. The van der Waals surface area contributed by atoms with Gasteiger partial charge in [0.05, 0.1) is 6.54 Å². The maximum absolute atomic E-state index is 12.0. The fraction of sp³-hybridized carbons (Fsp3) is 0.467. The van der Waals surface area contributed by atoms with Gasteiger partial charge in [0.15, 0.2) is 6.04 Å². The Kier molecular flexibility index (Phi) is 5.30. The Hall–Kier alpha value is -1.92. The van der Waals surface area contributed by atoms with Crippen molar-refractivity contribution < 1.29 is 14.7 Å². The molecule has 1 aliphatic rings. The van der Waals surface area contributed by atoms with E-state index in [4.69, 9.17) is 5.73 Å². The molecule has 0 radical (unpaired) electrons. The predicted molar refractivity (Wildman–Crippen MR) is 78.6 cm³/mol. The van der Waals surface area contributed by atoms with Crippen molar-refractivity contribution in [3.63, 3.8) is 0 Å². The van der Waals surface area contributed by atoms with E-state index in [1.807, 2.05) is 4.90 Å². The molecule has 0 saturated carbocycles. The smallest absolute Gasteiger partial charge is 0.330 e. The van der Waals surface area contributed by atoms with E-state index < -0.39 is 12.0 Å². The first-order chi connectivity index (χ1) is 10.1. The molecule has 1 aromatic rings. The molecule has 114 valence electrons. The lowest BCUT2D eigenvalue weighted by molar-refractivity contribution is -0.142. The van der Waals surface area contributed by atoms with Crippen LogP contribution in [0.3, 0.4) is 0 Å². The topological polar surface area (TPSA) is 95.7 Å². The second-order valence-electron chi connectivity index (χ2n) is 5.36. The summed E-state index contributed by atoms with van der Waals surface area (Å²) >= 11 is 0. The second kappa shape index (κ2) is 7.19. The van der Waals surface area contributed by atoms with Crippen molar-refractivity contribution in [2.45, 2.75) is 24.9 Å². The molecule has 0 bridgehead atoms. The second-order valence-corrected chi connectivity index (χ2v) is 5.36. The number of nitrogens with zero attached hydrogens (tertiary/aromatic N) is 1. The molecule has 6 heteroatoms. The lowest BCUT2D eigenvalue weighted by Crippen LogP contribution is -2.46. The quantitative estimate of drug-likeness (QED) is 0.727. The predicted octanol–water partition coefficient (Wildman–Crippen LogP) is 0.352. The number of hydrogen-bond donors (Lipinski definition) is 3. The van der Waals surface area contributed by atoms with Crippen LogP contribution in [0.2, 0.25) is 0 Å². The van der Waals surface area contributed by atoms with E-state index in [9.17, 15) is 14.7 Å². The average molecular weight is 291 g/mol. The first-order valence-corrected chi connectivity index (χ1v) is 7.11. The third kappa shape index (κ3) is 4.54. The van der Waals surface area contributed by atoms with Crippen LogP contribution in [-0.4, -0.2) is 47.6 Å². The summed E-state index contributed by atoms with van der Waals surface area (Å²) < 4.78 is 0. The molecule has 1 heterocycles. The number of carbonyl (C=O) groups is 2. The molecule has 0 unspecified atom stereocenters. The van der Waals surface area contributed by atoms with E-state index in [2.05, 4.69) is 5.32 Å². The summed E-state index contributed by atoms with van der Waals surface area (Å²) in [7, 11) is 0. The van der Waals surface area contributed by atoms with Crippen molar-refractivity contribution in [1.82, 2.24) is 10.2 Å². The van der Waals surface area contributed by atoms with Crippen LogP contribution in [-0.2, 0) is 9.59 Å². The molecule has 1 aliphatic heterocycles. The van der Waals surface area contributed by atoms with Gasteiger partial charge in [-0.05, 0) is 18.4 Å². The van der Waals surface area contributed by atoms with Crippen LogP contribution in [0.1, 0.15) is 24.4 Å². The van der Waals surface area contributed by atoms with Gasteiger partial charge in [-0.2, -0.15) is 0 Å². The normalized spacial score (nSPS) is 18.1. The van der Waals surface area contributed by atoms with Crippen LogP contribution in [0.15, 0.2) is 30.3 Å². The van der Waals surface area contributed by atoms with Crippen molar-refractivity contribution in [3.8, 4) is 0 Å². The van der Waals surface area contributed by atoms with E-state index in [0.29, 0.717) is 5.56 Å². The zero-order valence-corrected chi connectivity index (χ0v) is 11.9. The number of rotatable bonds is 5. The van der Waals surface area contributed by atoms with Gasteiger partial charge in [-0.3, -0.25) is 9.69 Å². The minimum Gasteiger partial charge on any atom is -0.479 e. The van der Waals surface area contributed by atoms with E-state index in [1.165, 1.54) is 0 Å². The molecule has 21 heavy (non-hydrogen) atoms. The summed E-state index contributed by atoms with van der Waals surface area (Å²) in [5.41, 5.74) is 6.39. The molecular weight excluding hydrogens is 270 g/mol. The molecule has 6 nitrogen and oxygen atoms in total. The molecular formula is C15H21N3O3. The molecule has 1 aromatic carbocycles. The highest BCUT2D eigenvalue weighted by Crippen LogP contribution is 2.13. The van der Waals surface area contributed by atoms with Crippen LogP contribution in [0.25, 0.3) is 0 Å². The summed E-state index contributed by atoms with van der Waals surface area (Å²) in [4.78, 5) is 25.4. The standard InChI is InChI=1S/C15H21N3O3/c16-12-6-8-18(9-7-12)10-13(19)17-14(15(20)21)11-4-2-1-3-5-11/h1-5,12,14H,6-10,16H2,(H,17,19)(H,20,21)/t14-/m0/s1. The number of piperidine rings is 1. The maximum Gasteiger partial charge on any atom is 0.330 e. The van der Waals surface area contributed by atoms with Gasteiger partial charge in [-0.25, -0.2) is 4.79 Å². The van der Waals surface area contributed by atoms with Gasteiger partial charge >= 0.3 is 5.97 Å². The van der Waals surface area contributed by atoms with E-state index in [1.54, 1.807) is 30.3 Å². The molecule has 0 aromatic heterocycles. The number of hydrogen-bond acceptors (Lipinski definition) is 4. The lowest BCUT2D eigenvalue weighted by Gasteiger charge is -2.29. The molecule has 1 amide bonds. The number of carboxylic acid groups (broad SMARTS) is 1. The third-order valence-corrected chi connectivity index (χ3v) is 3.68. The number of aliphatic carboxylic acids is 1. The number of likely N-dealkylation sites (tertiary alicyclic amines) is 1. The summed E-state index contributed by atoms with van der Waals surface area (Å²) in [5.74, 6) is -1.34. The first-order valence-electron chi connectivity index (χ1n) is 7.11. The zero-order valence-electron chi connectivity index (χ0n) is 11.9. The molecule has 1 saturated heterocycles. The number of carboxylic acids is 1. The van der Waals surface area contributed by atoms with Gasteiger partial charge in [0, 0.05) is 19.1 Å². The zero-order chi connectivity index (χ0) is 15.2. The Morgan fingerprint density at radius 2 is 1.90 bits per heavy atom.